The number of hydrogen-bond donors (Lipinski definition) is 1. The topological polar surface area (TPSA) is 105 Å². The van der Waals surface area contributed by atoms with Gasteiger partial charge in [0.15, 0.2) is 0 Å². The van der Waals surface area contributed by atoms with Crippen molar-refractivity contribution in [3.8, 4) is 0 Å². The highest BCUT2D eigenvalue weighted by molar-refractivity contribution is 5.90. The van der Waals surface area contributed by atoms with Crippen molar-refractivity contribution in [1.82, 2.24) is 4.57 Å². The number of benzene rings is 1. The minimum Gasteiger partial charge on any atom is -0.452 e. The van der Waals surface area contributed by atoms with Crippen molar-refractivity contribution in [2.45, 2.75) is 12.6 Å². The Morgan fingerprint density at radius 3 is 2.46 bits per heavy atom. The summed E-state index contributed by atoms with van der Waals surface area (Å²) in [5.74, 6) is -1.27. The number of nitrogens with two attached hydrogens (primary N) is 1. The van der Waals surface area contributed by atoms with Gasteiger partial charge in [0.1, 0.15) is 5.76 Å². The number of aromatic nitrogens is 1. The van der Waals surface area contributed by atoms with Crippen LogP contribution in [0.2, 0.25) is 0 Å². The standard InChI is InChI=1S/C19H16N2O5/c20-18(23)17(13-6-2-1-3-7-13)26-19(24)15-10-9-14(25-15)12-21-11-5-4-8-16(21)22/h1-11,17H,12H2,(H2,20,23)/t17-/m0/s1. The van der Waals surface area contributed by atoms with Gasteiger partial charge in [-0.3, -0.25) is 9.59 Å². The number of esters is 1. The molecule has 2 aromatic heterocycles. The molecule has 1 amide bonds. The SMILES string of the molecule is NC(=O)[C@@H](OC(=O)c1ccc(Cn2ccccc2=O)o1)c1ccccc1. The first kappa shape index (κ1) is 17.2. The molecule has 0 unspecified atom stereocenters. The van der Waals surface area contributed by atoms with Gasteiger partial charge in [0.2, 0.25) is 11.9 Å². The minimum atomic E-state index is -1.21. The molecule has 7 nitrogen and oxygen atoms in total. The lowest BCUT2D eigenvalue weighted by molar-refractivity contribution is -0.127. The largest absolute Gasteiger partial charge is 0.452 e. The van der Waals surface area contributed by atoms with Gasteiger partial charge < -0.3 is 19.5 Å². The number of ether oxygens (including phenoxy) is 1. The molecule has 7 heteroatoms. The summed E-state index contributed by atoms with van der Waals surface area (Å²) in [5.41, 5.74) is 5.61. The van der Waals surface area contributed by atoms with Crippen LogP contribution in [0.4, 0.5) is 0 Å². The van der Waals surface area contributed by atoms with E-state index in [9.17, 15) is 14.4 Å². The Morgan fingerprint density at radius 1 is 1.04 bits per heavy atom. The van der Waals surface area contributed by atoms with Crippen LogP contribution in [0.25, 0.3) is 0 Å². The Hall–Kier alpha value is -3.61. The summed E-state index contributed by atoms with van der Waals surface area (Å²) >= 11 is 0. The number of pyridine rings is 1. The fourth-order valence-electron chi connectivity index (χ4n) is 2.42. The van der Waals surface area contributed by atoms with E-state index < -0.39 is 18.0 Å². The maximum absolute atomic E-state index is 12.3. The smallest absolute Gasteiger partial charge is 0.375 e. The molecule has 0 fully saturated rings. The number of amides is 1. The fourth-order valence-corrected chi connectivity index (χ4v) is 2.42. The predicted molar refractivity (Wildman–Crippen MR) is 92.3 cm³/mol. The van der Waals surface area contributed by atoms with Crippen LogP contribution in [0.1, 0.15) is 28.0 Å². The molecule has 0 saturated carbocycles. The summed E-state index contributed by atoms with van der Waals surface area (Å²) in [6, 6.07) is 16.2. The van der Waals surface area contributed by atoms with Crippen LogP contribution in [-0.2, 0) is 16.1 Å². The third-order valence-electron chi connectivity index (χ3n) is 3.67. The Balaban J connectivity index is 1.74. The monoisotopic (exact) mass is 352 g/mol. The normalized spacial score (nSPS) is 11.7. The van der Waals surface area contributed by atoms with Gasteiger partial charge in [0, 0.05) is 17.8 Å². The average Bonchev–Trinajstić information content (AvgIpc) is 3.10. The van der Waals surface area contributed by atoms with E-state index in [0.717, 1.165) is 0 Å². The van der Waals surface area contributed by atoms with Crippen molar-refractivity contribution >= 4 is 11.9 Å². The molecule has 3 rings (SSSR count). The molecule has 132 valence electrons. The molecule has 0 aliphatic heterocycles. The van der Waals surface area contributed by atoms with Gasteiger partial charge in [-0.05, 0) is 18.2 Å². The second-order valence-corrected chi connectivity index (χ2v) is 5.53. The third-order valence-corrected chi connectivity index (χ3v) is 3.67. The number of furan rings is 1. The second-order valence-electron chi connectivity index (χ2n) is 5.53. The first-order chi connectivity index (χ1) is 12.5. The first-order valence-electron chi connectivity index (χ1n) is 7.84. The van der Waals surface area contributed by atoms with Crippen molar-refractivity contribution in [3.05, 3.63) is 94.3 Å². The van der Waals surface area contributed by atoms with Gasteiger partial charge >= 0.3 is 5.97 Å². The Morgan fingerprint density at radius 2 is 1.77 bits per heavy atom. The minimum absolute atomic E-state index is 0.0776. The van der Waals surface area contributed by atoms with Gasteiger partial charge in [-0.25, -0.2) is 4.79 Å². The quantitative estimate of drug-likeness (QED) is 0.682. The molecule has 2 N–H and O–H groups in total. The highest BCUT2D eigenvalue weighted by atomic mass is 16.6. The molecule has 0 spiro atoms. The summed E-state index contributed by atoms with van der Waals surface area (Å²) < 4.78 is 12.1. The molecule has 0 radical (unpaired) electrons. The van der Waals surface area contributed by atoms with Crippen molar-refractivity contribution in [2.24, 2.45) is 5.73 Å². The average molecular weight is 352 g/mol. The molecule has 0 bridgehead atoms. The van der Waals surface area contributed by atoms with E-state index in [0.29, 0.717) is 11.3 Å². The van der Waals surface area contributed by atoms with Crippen LogP contribution < -0.4 is 11.3 Å². The van der Waals surface area contributed by atoms with Crippen LogP contribution in [0.3, 0.4) is 0 Å². The van der Waals surface area contributed by atoms with Crippen molar-refractivity contribution in [1.29, 1.82) is 0 Å². The Labute approximate surface area is 148 Å². The summed E-state index contributed by atoms with van der Waals surface area (Å²) in [6.45, 7) is 0.172. The van der Waals surface area contributed by atoms with E-state index in [-0.39, 0.29) is 17.9 Å². The second kappa shape index (κ2) is 7.52. The van der Waals surface area contributed by atoms with Gasteiger partial charge in [0.25, 0.3) is 11.5 Å². The van der Waals surface area contributed by atoms with E-state index in [1.54, 1.807) is 54.7 Å². The maximum atomic E-state index is 12.3. The molecular weight excluding hydrogens is 336 g/mol. The molecule has 1 aromatic carbocycles. The lowest BCUT2D eigenvalue weighted by Gasteiger charge is -2.14. The third kappa shape index (κ3) is 3.89. The molecule has 0 aliphatic carbocycles. The summed E-state index contributed by atoms with van der Waals surface area (Å²) in [7, 11) is 0. The van der Waals surface area contributed by atoms with E-state index in [4.69, 9.17) is 14.9 Å². The van der Waals surface area contributed by atoms with Gasteiger partial charge in [-0.2, -0.15) is 0 Å². The summed E-state index contributed by atoms with van der Waals surface area (Å²) in [4.78, 5) is 35.6. The van der Waals surface area contributed by atoms with E-state index in [1.807, 2.05) is 0 Å². The number of carbonyl (C=O) groups excluding carboxylic acids is 2. The fraction of sp³-hybridized carbons (Fsp3) is 0.105. The van der Waals surface area contributed by atoms with Crippen LogP contribution in [-0.4, -0.2) is 16.4 Å². The molecular formula is C19H16N2O5. The van der Waals surface area contributed by atoms with Crippen molar-refractivity contribution < 1.29 is 18.7 Å². The van der Waals surface area contributed by atoms with E-state index in [1.165, 1.54) is 16.7 Å². The summed E-state index contributed by atoms with van der Waals surface area (Å²) in [6.07, 6.45) is 0.399. The zero-order valence-corrected chi connectivity index (χ0v) is 13.7. The maximum Gasteiger partial charge on any atom is 0.375 e. The van der Waals surface area contributed by atoms with Crippen LogP contribution in [0.5, 0.6) is 0 Å². The van der Waals surface area contributed by atoms with Crippen LogP contribution >= 0.6 is 0 Å². The van der Waals surface area contributed by atoms with Gasteiger partial charge in [0.05, 0.1) is 6.54 Å². The lowest BCUT2D eigenvalue weighted by atomic mass is 10.1. The molecule has 1 atom stereocenters. The molecule has 0 aliphatic rings. The van der Waals surface area contributed by atoms with E-state index >= 15 is 0 Å². The molecule has 3 aromatic rings. The molecule has 26 heavy (non-hydrogen) atoms. The predicted octanol–water partition coefficient (Wildman–Crippen LogP) is 1.87. The van der Waals surface area contributed by atoms with Crippen molar-refractivity contribution in [3.63, 3.8) is 0 Å². The number of hydrogen-bond acceptors (Lipinski definition) is 5. The van der Waals surface area contributed by atoms with Gasteiger partial charge in [-0.15, -0.1) is 0 Å². The van der Waals surface area contributed by atoms with Crippen molar-refractivity contribution in [2.75, 3.05) is 0 Å². The number of carbonyl (C=O) groups is 2. The molecule has 2 heterocycles. The number of nitrogens with zero attached hydrogens (tertiary/aromatic N) is 1. The molecule has 0 saturated heterocycles. The first-order valence-corrected chi connectivity index (χ1v) is 7.84. The van der Waals surface area contributed by atoms with Crippen LogP contribution in [0, 0.1) is 0 Å². The number of primary amides is 1. The lowest BCUT2D eigenvalue weighted by Crippen LogP contribution is -2.26. The summed E-state index contributed by atoms with van der Waals surface area (Å²) in [5, 5.41) is 0. The number of rotatable bonds is 6. The Bertz CT molecular complexity index is 975. The van der Waals surface area contributed by atoms with E-state index in [2.05, 4.69) is 0 Å². The Kier molecular flexibility index (Phi) is 4.98. The van der Waals surface area contributed by atoms with Crippen LogP contribution in [0.15, 0.2) is 76.1 Å². The highest BCUT2D eigenvalue weighted by Gasteiger charge is 2.24. The highest BCUT2D eigenvalue weighted by Crippen LogP contribution is 2.20. The van der Waals surface area contributed by atoms with Gasteiger partial charge in [-0.1, -0.05) is 36.4 Å². The zero-order chi connectivity index (χ0) is 18.5. The zero-order valence-electron chi connectivity index (χ0n) is 13.7.